The zero-order chi connectivity index (χ0) is 20.4. The number of hydrogen-bond acceptors (Lipinski definition) is 6. The van der Waals surface area contributed by atoms with Gasteiger partial charge < -0.3 is 0 Å². The standard InChI is InChI=1S/C20H25N9/c1-5-17-19(24-26-29(17)16-9-7-6-8-10-16)20-23-18(11-27-13-21-12-22-27)25-28(20)15(4)14(2)3/h6-10,12-15H,5,11H2,1-4H3. The molecule has 0 saturated carbocycles. The number of nitrogens with zero attached hydrogens (tertiary/aromatic N) is 9. The van der Waals surface area contributed by atoms with Gasteiger partial charge in [-0.15, -0.1) is 5.10 Å². The van der Waals surface area contributed by atoms with Gasteiger partial charge in [0.2, 0.25) is 0 Å². The van der Waals surface area contributed by atoms with Crippen molar-refractivity contribution in [3.05, 3.63) is 54.5 Å². The summed E-state index contributed by atoms with van der Waals surface area (Å²) in [6.07, 6.45) is 3.95. The molecule has 0 fully saturated rings. The average molecular weight is 391 g/mol. The highest BCUT2D eigenvalue weighted by atomic mass is 15.5. The van der Waals surface area contributed by atoms with E-state index in [4.69, 9.17) is 10.1 Å². The normalized spacial score (nSPS) is 12.6. The molecule has 0 saturated heterocycles. The number of para-hydroxylation sites is 1. The lowest BCUT2D eigenvalue weighted by molar-refractivity contribution is 0.375. The molecule has 29 heavy (non-hydrogen) atoms. The van der Waals surface area contributed by atoms with Crippen molar-refractivity contribution in [1.82, 2.24) is 44.5 Å². The van der Waals surface area contributed by atoms with E-state index in [9.17, 15) is 0 Å². The first kappa shape index (κ1) is 19.0. The van der Waals surface area contributed by atoms with Crippen LogP contribution in [0.4, 0.5) is 0 Å². The quantitative estimate of drug-likeness (QED) is 0.481. The molecule has 3 heterocycles. The van der Waals surface area contributed by atoms with E-state index in [0.29, 0.717) is 18.3 Å². The smallest absolute Gasteiger partial charge is 0.181 e. The van der Waals surface area contributed by atoms with Crippen molar-refractivity contribution >= 4 is 0 Å². The van der Waals surface area contributed by atoms with Crippen molar-refractivity contribution in [3.8, 4) is 17.2 Å². The molecule has 9 nitrogen and oxygen atoms in total. The average Bonchev–Trinajstić information content (AvgIpc) is 3.47. The van der Waals surface area contributed by atoms with Crippen LogP contribution < -0.4 is 0 Å². The molecule has 4 rings (SSSR count). The molecule has 0 N–H and O–H groups in total. The second kappa shape index (κ2) is 7.94. The van der Waals surface area contributed by atoms with E-state index in [2.05, 4.69) is 48.1 Å². The largest absolute Gasteiger partial charge is 0.245 e. The predicted molar refractivity (Wildman–Crippen MR) is 108 cm³/mol. The number of rotatable bonds is 7. The third-order valence-electron chi connectivity index (χ3n) is 5.11. The molecule has 0 bridgehead atoms. The van der Waals surface area contributed by atoms with Crippen LogP contribution in [-0.2, 0) is 13.0 Å². The van der Waals surface area contributed by atoms with Crippen LogP contribution in [0.1, 0.15) is 45.3 Å². The molecule has 0 amide bonds. The zero-order valence-corrected chi connectivity index (χ0v) is 17.1. The van der Waals surface area contributed by atoms with Crippen LogP contribution in [0.2, 0.25) is 0 Å². The van der Waals surface area contributed by atoms with Crippen LogP contribution >= 0.6 is 0 Å². The molecule has 0 radical (unpaired) electrons. The molecular formula is C20H25N9. The van der Waals surface area contributed by atoms with Gasteiger partial charge in [-0.05, 0) is 31.4 Å². The maximum Gasteiger partial charge on any atom is 0.181 e. The summed E-state index contributed by atoms with van der Waals surface area (Å²) in [5.41, 5.74) is 2.75. The summed E-state index contributed by atoms with van der Waals surface area (Å²) in [4.78, 5) is 8.82. The molecule has 0 aliphatic heterocycles. The fourth-order valence-electron chi connectivity index (χ4n) is 3.19. The third kappa shape index (κ3) is 3.67. The first-order chi connectivity index (χ1) is 14.1. The van der Waals surface area contributed by atoms with Gasteiger partial charge in [-0.1, -0.05) is 44.2 Å². The second-order valence-electron chi connectivity index (χ2n) is 7.36. The molecule has 4 aromatic rings. The summed E-state index contributed by atoms with van der Waals surface area (Å²) in [6.45, 7) is 9.06. The van der Waals surface area contributed by atoms with E-state index in [1.807, 2.05) is 39.7 Å². The van der Waals surface area contributed by atoms with Gasteiger partial charge >= 0.3 is 0 Å². The summed E-state index contributed by atoms with van der Waals surface area (Å²) >= 11 is 0. The van der Waals surface area contributed by atoms with E-state index in [1.54, 1.807) is 11.0 Å². The van der Waals surface area contributed by atoms with E-state index >= 15 is 0 Å². The Hall–Kier alpha value is -3.36. The number of aromatic nitrogens is 9. The molecular weight excluding hydrogens is 366 g/mol. The Morgan fingerprint density at radius 2 is 1.86 bits per heavy atom. The summed E-state index contributed by atoms with van der Waals surface area (Å²) in [5, 5.41) is 17.9. The summed E-state index contributed by atoms with van der Waals surface area (Å²) in [6, 6.07) is 10.2. The van der Waals surface area contributed by atoms with Gasteiger partial charge in [0.05, 0.1) is 17.4 Å². The van der Waals surface area contributed by atoms with Gasteiger partial charge in [-0.2, -0.15) is 10.2 Å². The van der Waals surface area contributed by atoms with E-state index < -0.39 is 0 Å². The maximum atomic E-state index is 4.82. The molecule has 0 aliphatic rings. The molecule has 0 spiro atoms. The van der Waals surface area contributed by atoms with Crippen LogP contribution in [0.25, 0.3) is 17.2 Å². The van der Waals surface area contributed by atoms with Crippen LogP contribution in [0, 0.1) is 5.92 Å². The zero-order valence-electron chi connectivity index (χ0n) is 17.1. The molecule has 1 aromatic carbocycles. The number of hydrogen-bond donors (Lipinski definition) is 0. The van der Waals surface area contributed by atoms with Crippen molar-refractivity contribution < 1.29 is 0 Å². The van der Waals surface area contributed by atoms with E-state index in [1.165, 1.54) is 6.33 Å². The lowest BCUT2D eigenvalue weighted by Gasteiger charge is -2.17. The predicted octanol–water partition coefficient (Wildman–Crippen LogP) is 2.95. The van der Waals surface area contributed by atoms with Crippen molar-refractivity contribution in [2.45, 2.75) is 46.7 Å². The maximum absolute atomic E-state index is 4.82. The Morgan fingerprint density at radius 3 is 2.52 bits per heavy atom. The molecule has 0 aliphatic carbocycles. The number of benzene rings is 1. The van der Waals surface area contributed by atoms with Crippen LogP contribution in [-0.4, -0.2) is 44.5 Å². The summed E-state index contributed by atoms with van der Waals surface area (Å²) in [7, 11) is 0. The van der Waals surface area contributed by atoms with Crippen molar-refractivity contribution in [2.75, 3.05) is 0 Å². The molecule has 3 aromatic heterocycles. The molecule has 1 atom stereocenters. The fraction of sp³-hybridized carbons (Fsp3) is 0.400. The topological polar surface area (TPSA) is 92.1 Å². The van der Waals surface area contributed by atoms with Gasteiger partial charge in [-0.25, -0.2) is 24.0 Å². The minimum atomic E-state index is 0.161. The molecule has 9 heteroatoms. The van der Waals surface area contributed by atoms with E-state index in [-0.39, 0.29) is 6.04 Å². The Morgan fingerprint density at radius 1 is 1.07 bits per heavy atom. The Bertz CT molecular complexity index is 1060. The highest BCUT2D eigenvalue weighted by Gasteiger charge is 2.24. The van der Waals surface area contributed by atoms with Gasteiger partial charge in [0.15, 0.2) is 17.3 Å². The highest BCUT2D eigenvalue weighted by molar-refractivity contribution is 5.54. The minimum absolute atomic E-state index is 0.161. The first-order valence-electron chi connectivity index (χ1n) is 9.86. The Balaban J connectivity index is 1.81. The van der Waals surface area contributed by atoms with Crippen molar-refractivity contribution in [1.29, 1.82) is 0 Å². The second-order valence-corrected chi connectivity index (χ2v) is 7.36. The van der Waals surface area contributed by atoms with Gasteiger partial charge in [-0.3, -0.25) is 0 Å². The SMILES string of the molecule is CCc1c(-c2nc(Cn3cncn3)nn2C(C)C(C)C)nnn1-c1ccccc1. The summed E-state index contributed by atoms with van der Waals surface area (Å²) < 4.78 is 5.56. The van der Waals surface area contributed by atoms with Crippen molar-refractivity contribution in [2.24, 2.45) is 5.92 Å². The fourth-order valence-corrected chi connectivity index (χ4v) is 3.19. The minimum Gasteiger partial charge on any atom is -0.245 e. The lowest BCUT2D eigenvalue weighted by Crippen LogP contribution is -2.15. The van der Waals surface area contributed by atoms with Crippen LogP contribution in [0.5, 0.6) is 0 Å². The van der Waals surface area contributed by atoms with Gasteiger partial charge in [0.25, 0.3) is 0 Å². The molecule has 1 unspecified atom stereocenters. The van der Waals surface area contributed by atoms with Crippen molar-refractivity contribution in [3.63, 3.8) is 0 Å². The van der Waals surface area contributed by atoms with Gasteiger partial charge in [0.1, 0.15) is 19.2 Å². The highest BCUT2D eigenvalue weighted by Crippen LogP contribution is 2.27. The molecule has 150 valence electrons. The van der Waals surface area contributed by atoms with Gasteiger partial charge in [0, 0.05) is 0 Å². The van der Waals surface area contributed by atoms with E-state index in [0.717, 1.165) is 29.3 Å². The third-order valence-corrected chi connectivity index (χ3v) is 5.11. The first-order valence-corrected chi connectivity index (χ1v) is 9.86. The monoisotopic (exact) mass is 391 g/mol. The van der Waals surface area contributed by atoms with Crippen LogP contribution in [0.15, 0.2) is 43.0 Å². The lowest BCUT2D eigenvalue weighted by atomic mass is 10.1. The Labute approximate surface area is 169 Å². The summed E-state index contributed by atoms with van der Waals surface area (Å²) in [5.74, 6) is 1.80. The Kier molecular flexibility index (Phi) is 5.20. The van der Waals surface area contributed by atoms with Crippen LogP contribution in [0.3, 0.4) is 0 Å².